The maximum atomic E-state index is 11.4. The second kappa shape index (κ2) is 5.44. The smallest absolute Gasteiger partial charge is 0.252 e. The molecule has 0 spiro atoms. The van der Waals surface area contributed by atoms with Gasteiger partial charge < -0.3 is 10.3 Å². The number of rotatable bonds is 4. The van der Waals surface area contributed by atoms with Crippen LogP contribution in [0, 0.1) is 6.92 Å². The number of aromatic nitrogens is 3. The van der Waals surface area contributed by atoms with Crippen LogP contribution in [0.2, 0.25) is 0 Å². The Labute approximate surface area is 105 Å². The number of H-pyrrole nitrogens is 1. The van der Waals surface area contributed by atoms with Crippen molar-refractivity contribution in [1.29, 1.82) is 0 Å². The van der Waals surface area contributed by atoms with Crippen molar-refractivity contribution < 1.29 is 0 Å². The Bertz CT molecular complexity index is 592. The predicted molar refractivity (Wildman–Crippen MR) is 70.5 cm³/mol. The Morgan fingerprint density at radius 1 is 1.33 bits per heavy atom. The van der Waals surface area contributed by atoms with Gasteiger partial charge in [-0.15, -0.1) is 0 Å². The van der Waals surface area contributed by atoms with Gasteiger partial charge >= 0.3 is 0 Å². The summed E-state index contributed by atoms with van der Waals surface area (Å²) >= 11 is 0. The number of nitrogens with zero attached hydrogens (tertiary/aromatic N) is 2. The van der Waals surface area contributed by atoms with Gasteiger partial charge in [0.25, 0.3) is 5.56 Å². The van der Waals surface area contributed by atoms with Crippen molar-refractivity contribution in [1.82, 2.24) is 15.0 Å². The second-order valence-corrected chi connectivity index (χ2v) is 4.05. The van der Waals surface area contributed by atoms with Gasteiger partial charge in [0, 0.05) is 18.2 Å². The lowest BCUT2D eigenvalue weighted by molar-refractivity contribution is 0.909. The first-order valence-electron chi connectivity index (χ1n) is 5.94. The van der Waals surface area contributed by atoms with E-state index in [1.54, 1.807) is 0 Å². The molecule has 2 aromatic heterocycles. The third-order valence-corrected chi connectivity index (χ3v) is 2.52. The van der Waals surface area contributed by atoms with Gasteiger partial charge in [0.1, 0.15) is 11.6 Å². The SMILES string of the molecule is CCc1nc(NCc2cccc(C)n2)cc(=O)[nH]1. The van der Waals surface area contributed by atoms with Gasteiger partial charge in [-0.2, -0.15) is 0 Å². The molecule has 5 heteroatoms. The first-order valence-corrected chi connectivity index (χ1v) is 5.94. The van der Waals surface area contributed by atoms with Gasteiger partial charge in [-0.3, -0.25) is 9.78 Å². The van der Waals surface area contributed by atoms with E-state index in [0.717, 1.165) is 11.4 Å². The van der Waals surface area contributed by atoms with Gasteiger partial charge in [-0.1, -0.05) is 13.0 Å². The zero-order valence-corrected chi connectivity index (χ0v) is 10.5. The monoisotopic (exact) mass is 244 g/mol. The van der Waals surface area contributed by atoms with Crippen LogP contribution in [0.4, 0.5) is 5.82 Å². The molecule has 0 saturated heterocycles. The lowest BCUT2D eigenvalue weighted by atomic mass is 10.3. The Hall–Kier alpha value is -2.17. The molecule has 18 heavy (non-hydrogen) atoms. The summed E-state index contributed by atoms with van der Waals surface area (Å²) < 4.78 is 0. The Balaban J connectivity index is 2.10. The number of aromatic amines is 1. The third-order valence-electron chi connectivity index (χ3n) is 2.52. The topological polar surface area (TPSA) is 70.7 Å². The lowest BCUT2D eigenvalue weighted by Crippen LogP contribution is -2.13. The van der Waals surface area contributed by atoms with Crippen molar-refractivity contribution in [2.24, 2.45) is 0 Å². The van der Waals surface area contributed by atoms with Crippen molar-refractivity contribution in [2.45, 2.75) is 26.8 Å². The largest absolute Gasteiger partial charge is 0.364 e. The first-order chi connectivity index (χ1) is 8.67. The molecule has 2 aromatic rings. The van der Waals surface area contributed by atoms with Crippen LogP contribution < -0.4 is 10.9 Å². The molecule has 0 fully saturated rings. The fraction of sp³-hybridized carbons (Fsp3) is 0.308. The molecule has 0 aliphatic heterocycles. The molecule has 0 radical (unpaired) electrons. The van der Waals surface area contributed by atoms with Crippen LogP contribution >= 0.6 is 0 Å². The van der Waals surface area contributed by atoms with Crippen LogP contribution in [-0.2, 0) is 13.0 Å². The van der Waals surface area contributed by atoms with Gasteiger partial charge in [0.15, 0.2) is 0 Å². The Morgan fingerprint density at radius 2 is 2.17 bits per heavy atom. The van der Waals surface area contributed by atoms with Crippen molar-refractivity contribution in [2.75, 3.05) is 5.32 Å². The van der Waals surface area contributed by atoms with Gasteiger partial charge in [0.05, 0.1) is 12.2 Å². The normalized spacial score (nSPS) is 10.3. The lowest BCUT2D eigenvalue weighted by Gasteiger charge is -2.06. The fourth-order valence-corrected chi connectivity index (χ4v) is 1.65. The van der Waals surface area contributed by atoms with Crippen molar-refractivity contribution in [3.8, 4) is 0 Å². The van der Waals surface area contributed by atoms with Crippen LogP contribution in [0.1, 0.15) is 24.1 Å². The van der Waals surface area contributed by atoms with Crippen LogP contribution in [0.3, 0.4) is 0 Å². The third kappa shape index (κ3) is 3.16. The zero-order chi connectivity index (χ0) is 13.0. The van der Waals surface area contributed by atoms with E-state index in [4.69, 9.17) is 0 Å². The summed E-state index contributed by atoms with van der Waals surface area (Å²) in [5.74, 6) is 1.26. The van der Waals surface area contributed by atoms with Crippen molar-refractivity contribution in [3.63, 3.8) is 0 Å². The van der Waals surface area contributed by atoms with E-state index in [2.05, 4.69) is 20.3 Å². The van der Waals surface area contributed by atoms with E-state index in [9.17, 15) is 4.79 Å². The minimum absolute atomic E-state index is 0.137. The van der Waals surface area contributed by atoms with E-state index < -0.39 is 0 Å². The number of nitrogens with one attached hydrogen (secondary N) is 2. The van der Waals surface area contributed by atoms with E-state index in [0.29, 0.717) is 24.6 Å². The van der Waals surface area contributed by atoms with Crippen LogP contribution in [0.25, 0.3) is 0 Å². The average Bonchev–Trinajstić information content (AvgIpc) is 2.36. The van der Waals surface area contributed by atoms with E-state index >= 15 is 0 Å². The minimum Gasteiger partial charge on any atom is -0.364 e. The Kier molecular flexibility index (Phi) is 3.72. The summed E-state index contributed by atoms with van der Waals surface area (Å²) in [5.41, 5.74) is 1.76. The molecule has 0 aliphatic carbocycles. The minimum atomic E-state index is -0.137. The summed E-state index contributed by atoms with van der Waals surface area (Å²) in [7, 11) is 0. The van der Waals surface area contributed by atoms with E-state index in [-0.39, 0.29) is 5.56 Å². The molecule has 0 unspecified atom stereocenters. The zero-order valence-electron chi connectivity index (χ0n) is 10.5. The highest BCUT2D eigenvalue weighted by atomic mass is 16.1. The molecule has 94 valence electrons. The highest BCUT2D eigenvalue weighted by Gasteiger charge is 2.00. The van der Waals surface area contributed by atoms with Gasteiger partial charge in [-0.25, -0.2) is 4.98 Å². The van der Waals surface area contributed by atoms with E-state index in [1.165, 1.54) is 6.07 Å². The number of pyridine rings is 1. The van der Waals surface area contributed by atoms with Crippen LogP contribution in [0.5, 0.6) is 0 Å². The molecule has 5 nitrogen and oxygen atoms in total. The summed E-state index contributed by atoms with van der Waals surface area (Å²) in [6.07, 6.45) is 0.702. The summed E-state index contributed by atoms with van der Waals surface area (Å²) in [4.78, 5) is 22.7. The maximum Gasteiger partial charge on any atom is 0.252 e. The van der Waals surface area contributed by atoms with Crippen LogP contribution in [-0.4, -0.2) is 15.0 Å². The molecule has 2 heterocycles. The summed E-state index contributed by atoms with van der Waals surface area (Å²) in [5, 5.41) is 3.11. The Morgan fingerprint density at radius 3 is 2.89 bits per heavy atom. The van der Waals surface area contributed by atoms with Crippen molar-refractivity contribution in [3.05, 3.63) is 51.8 Å². The number of hydrogen-bond donors (Lipinski definition) is 2. The van der Waals surface area contributed by atoms with Gasteiger partial charge in [-0.05, 0) is 19.1 Å². The fourth-order valence-electron chi connectivity index (χ4n) is 1.65. The molecular weight excluding hydrogens is 228 g/mol. The summed E-state index contributed by atoms with van der Waals surface area (Å²) in [6.45, 7) is 4.45. The molecule has 0 bridgehead atoms. The molecule has 0 atom stereocenters. The average molecular weight is 244 g/mol. The molecule has 2 N–H and O–H groups in total. The molecule has 0 aromatic carbocycles. The highest BCUT2D eigenvalue weighted by Crippen LogP contribution is 2.04. The van der Waals surface area contributed by atoms with E-state index in [1.807, 2.05) is 32.0 Å². The van der Waals surface area contributed by atoms with Crippen molar-refractivity contribution >= 4 is 5.82 Å². The van der Waals surface area contributed by atoms with Gasteiger partial charge in [0.2, 0.25) is 0 Å². The standard InChI is InChI=1S/C13H16N4O/c1-3-11-16-12(7-13(18)17-11)14-8-10-6-4-5-9(2)15-10/h4-7H,3,8H2,1-2H3,(H2,14,16,17,18). The molecule has 0 aliphatic rings. The predicted octanol–water partition coefficient (Wildman–Crippen LogP) is 1.65. The first kappa shape index (κ1) is 12.3. The number of hydrogen-bond acceptors (Lipinski definition) is 4. The molecule has 0 saturated carbocycles. The number of anilines is 1. The highest BCUT2D eigenvalue weighted by molar-refractivity contribution is 5.33. The molecule has 2 rings (SSSR count). The molecule has 0 amide bonds. The quantitative estimate of drug-likeness (QED) is 0.858. The summed E-state index contributed by atoms with van der Waals surface area (Å²) in [6, 6.07) is 7.30. The second-order valence-electron chi connectivity index (χ2n) is 4.05. The maximum absolute atomic E-state index is 11.4. The molecular formula is C13H16N4O. The van der Waals surface area contributed by atoms with Crippen LogP contribution in [0.15, 0.2) is 29.1 Å². The number of aryl methyl sites for hydroxylation is 2.